The summed E-state index contributed by atoms with van der Waals surface area (Å²) in [4.78, 5) is 11.1. The van der Waals surface area contributed by atoms with Gasteiger partial charge in [-0.15, -0.1) is 0 Å². The normalized spacial score (nSPS) is 20.5. The lowest BCUT2D eigenvalue weighted by atomic mass is 9.85. The summed E-state index contributed by atoms with van der Waals surface area (Å²) < 4.78 is 0. The Bertz CT molecular complexity index is 162. The Hall–Kier alpha value is -0.590. The minimum atomic E-state index is 0.310. The largest absolute Gasteiger partial charge is 0.300 e. The SMILES string of the molecule is CCC(C(C)=O)C1CC=CC1. The van der Waals surface area contributed by atoms with E-state index < -0.39 is 0 Å². The lowest BCUT2D eigenvalue weighted by Gasteiger charge is -2.18. The highest BCUT2D eigenvalue weighted by molar-refractivity contribution is 5.78. The van der Waals surface area contributed by atoms with Crippen LogP contribution < -0.4 is 0 Å². The van der Waals surface area contributed by atoms with Crippen LogP contribution in [0.1, 0.15) is 33.1 Å². The molecule has 0 spiro atoms. The molecule has 1 rings (SSSR count). The van der Waals surface area contributed by atoms with Crippen molar-refractivity contribution in [3.8, 4) is 0 Å². The van der Waals surface area contributed by atoms with Crippen LogP contribution in [0.25, 0.3) is 0 Å². The minimum absolute atomic E-state index is 0.310. The van der Waals surface area contributed by atoms with Gasteiger partial charge in [0.15, 0.2) is 0 Å². The monoisotopic (exact) mass is 152 g/mol. The molecule has 1 nitrogen and oxygen atoms in total. The van der Waals surface area contributed by atoms with Crippen LogP contribution >= 0.6 is 0 Å². The lowest BCUT2D eigenvalue weighted by Crippen LogP contribution is -2.18. The highest BCUT2D eigenvalue weighted by Crippen LogP contribution is 2.28. The molecular formula is C10H16O. The van der Waals surface area contributed by atoms with Gasteiger partial charge in [-0.05, 0) is 32.1 Å². The van der Waals surface area contributed by atoms with Crippen molar-refractivity contribution >= 4 is 5.78 Å². The summed E-state index contributed by atoms with van der Waals surface area (Å²) in [5, 5.41) is 0. The van der Waals surface area contributed by atoms with Crippen LogP contribution in [0.2, 0.25) is 0 Å². The Balaban J connectivity index is 2.48. The molecule has 0 saturated heterocycles. The van der Waals surface area contributed by atoms with Gasteiger partial charge in [0.1, 0.15) is 5.78 Å². The first kappa shape index (κ1) is 8.51. The average Bonchev–Trinajstić information content (AvgIpc) is 2.40. The molecule has 0 N–H and O–H groups in total. The molecular weight excluding hydrogens is 136 g/mol. The van der Waals surface area contributed by atoms with Gasteiger partial charge in [0, 0.05) is 5.92 Å². The Morgan fingerprint density at radius 1 is 1.55 bits per heavy atom. The molecule has 1 unspecified atom stereocenters. The van der Waals surface area contributed by atoms with E-state index in [2.05, 4.69) is 19.1 Å². The fourth-order valence-electron chi connectivity index (χ4n) is 1.92. The third-order valence-corrected chi connectivity index (χ3v) is 2.58. The van der Waals surface area contributed by atoms with Gasteiger partial charge in [0.05, 0.1) is 0 Å². The molecule has 0 heterocycles. The molecule has 0 fully saturated rings. The van der Waals surface area contributed by atoms with Crippen molar-refractivity contribution in [1.29, 1.82) is 0 Å². The quantitative estimate of drug-likeness (QED) is 0.568. The number of Topliss-reactive ketones (excluding diaryl/α,β-unsaturated/α-hetero) is 1. The third kappa shape index (κ3) is 1.92. The molecule has 1 aliphatic carbocycles. The van der Waals surface area contributed by atoms with E-state index in [1.165, 1.54) is 0 Å². The van der Waals surface area contributed by atoms with E-state index >= 15 is 0 Å². The van der Waals surface area contributed by atoms with Gasteiger partial charge >= 0.3 is 0 Å². The summed E-state index contributed by atoms with van der Waals surface area (Å²) in [5.74, 6) is 1.28. The van der Waals surface area contributed by atoms with Crippen molar-refractivity contribution in [3.05, 3.63) is 12.2 Å². The van der Waals surface area contributed by atoms with Crippen LogP contribution in [-0.2, 0) is 4.79 Å². The van der Waals surface area contributed by atoms with Crippen molar-refractivity contribution in [2.24, 2.45) is 11.8 Å². The Kier molecular flexibility index (Phi) is 2.86. The van der Waals surface area contributed by atoms with E-state index in [1.807, 2.05) is 0 Å². The molecule has 0 saturated carbocycles. The Morgan fingerprint density at radius 3 is 2.45 bits per heavy atom. The molecule has 11 heavy (non-hydrogen) atoms. The zero-order chi connectivity index (χ0) is 8.27. The fraction of sp³-hybridized carbons (Fsp3) is 0.700. The number of rotatable bonds is 3. The van der Waals surface area contributed by atoms with Gasteiger partial charge in [0.2, 0.25) is 0 Å². The maximum Gasteiger partial charge on any atom is 0.133 e. The van der Waals surface area contributed by atoms with Gasteiger partial charge < -0.3 is 0 Å². The number of hydrogen-bond acceptors (Lipinski definition) is 1. The van der Waals surface area contributed by atoms with Gasteiger partial charge in [0.25, 0.3) is 0 Å². The zero-order valence-corrected chi connectivity index (χ0v) is 7.34. The van der Waals surface area contributed by atoms with Crippen LogP contribution in [-0.4, -0.2) is 5.78 Å². The fourth-order valence-corrected chi connectivity index (χ4v) is 1.92. The molecule has 1 atom stereocenters. The minimum Gasteiger partial charge on any atom is -0.300 e. The van der Waals surface area contributed by atoms with E-state index in [4.69, 9.17) is 0 Å². The maximum atomic E-state index is 11.1. The van der Waals surface area contributed by atoms with Gasteiger partial charge in [-0.3, -0.25) is 4.79 Å². The molecule has 0 bridgehead atoms. The van der Waals surface area contributed by atoms with E-state index in [-0.39, 0.29) is 0 Å². The first-order valence-electron chi connectivity index (χ1n) is 4.41. The summed E-state index contributed by atoms with van der Waals surface area (Å²) in [6.45, 7) is 3.82. The molecule has 0 aliphatic heterocycles. The van der Waals surface area contributed by atoms with Gasteiger partial charge in [-0.25, -0.2) is 0 Å². The summed E-state index contributed by atoms with van der Waals surface area (Å²) in [6, 6.07) is 0. The van der Waals surface area contributed by atoms with E-state index in [0.717, 1.165) is 19.3 Å². The maximum absolute atomic E-state index is 11.1. The summed E-state index contributed by atoms with van der Waals surface area (Å²) >= 11 is 0. The highest BCUT2D eigenvalue weighted by Gasteiger charge is 2.23. The smallest absolute Gasteiger partial charge is 0.133 e. The first-order chi connectivity index (χ1) is 5.25. The number of allylic oxidation sites excluding steroid dienone is 2. The van der Waals surface area contributed by atoms with Crippen molar-refractivity contribution in [2.75, 3.05) is 0 Å². The number of carbonyl (C=O) groups excluding carboxylic acids is 1. The summed E-state index contributed by atoms with van der Waals surface area (Å²) in [5.41, 5.74) is 0. The van der Waals surface area contributed by atoms with Crippen LogP contribution in [0.5, 0.6) is 0 Å². The van der Waals surface area contributed by atoms with E-state index in [9.17, 15) is 4.79 Å². The van der Waals surface area contributed by atoms with Crippen molar-refractivity contribution in [3.63, 3.8) is 0 Å². The molecule has 0 aromatic heterocycles. The predicted molar refractivity (Wildman–Crippen MR) is 46.3 cm³/mol. The Morgan fingerprint density at radius 2 is 2.09 bits per heavy atom. The molecule has 62 valence electrons. The van der Waals surface area contributed by atoms with Crippen molar-refractivity contribution < 1.29 is 4.79 Å². The molecule has 1 heteroatoms. The van der Waals surface area contributed by atoms with Crippen molar-refractivity contribution in [2.45, 2.75) is 33.1 Å². The first-order valence-corrected chi connectivity index (χ1v) is 4.41. The second kappa shape index (κ2) is 3.70. The van der Waals surface area contributed by atoms with Gasteiger partial charge in [-0.2, -0.15) is 0 Å². The number of hydrogen-bond donors (Lipinski definition) is 0. The highest BCUT2D eigenvalue weighted by atomic mass is 16.1. The van der Waals surface area contributed by atoms with Crippen LogP contribution in [0.4, 0.5) is 0 Å². The van der Waals surface area contributed by atoms with Crippen molar-refractivity contribution in [1.82, 2.24) is 0 Å². The second-order valence-corrected chi connectivity index (χ2v) is 3.33. The third-order valence-electron chi connectivity index (χ3n) is 2.58. The molecule has 0 aromatic carbocycles. The van der Waals surface area contributed by atoms with Crippen LogP contribution in [0, 0.1) is 11.8 Å². The Labute approximate surface area is 68.5 Å². The standard InChI is InChI=1S/C10H16O/c1-3-10(8(2)11)9-6-4-5-7-9/h4-5,9-10H,3,6-7H2,1-2H3. The molecule has 0 aromatic rings. The van der Waals surface area contributed by atoms with Crippen LogP contribution in [0.3, 0.4) is 0 Å². The topological polar surface area (TPSA) is 17.1 Å². The average molecular weight is 152 g/mol. The second-order valence-electron chi connectivity index (χ2n) is 3.33. The molecule has 0 radical (unpaired) electrons. The van der Waals surface area contributed by atoms with Crippen LogP contribution in [0.15, 0.2) is 12.2 Å². The number of carbonyl (C=O) groups is 1. The van der Waals surface area contributed by atoms with E-state index in [1.54, 1.807) is 6.92 Å². The van der Waals surface area contributed by atoms with Gasteiger partial charge in [-0.1, -0.05) is 19.1 Å². The number of ketones is 1. The van der Waals surface area contributed by atoms with E-state index in [0.29, 0.717) is 17.6 Å². The zero-order valence-electron chi connectivity index (χ0n) is 7.34. The molecule has 0 amide bonds. The molecule has 1 aliphatic rings. The lowest BCUT2D eigenvalue weighted by molar-refractivity contribution is -0.122. The summed E-state index contributed by atoms with van der Waals surface area (Å²) in [7, 11) is 0. The summed E-state index contributed by atoms with van der Waals surface area (Å²) in [6.07, 6.45) is 7.60. The predicted octanol–water partition coefficient (Wildman–Crippen LogP) is 2.57.